The third-order valence-electron chi connectivity index (χ3n) is 16.4. The Balaban J connectivity index is 1.24. The van der Waals surface area contributed by atoms with Gasteiger partial charge in [-0.1, -0.05) is 13.8 Å². The van der Waals surface area contributed by atoms with E-state index in [4.69, 9.17) is 11.5 Å². The van der Waals surface area contributed by atoms with Gasteiger partial charge >= 0.3 is 11.9 Å². The Bertz CT molecular complexity index is 2980. The van der Waals surface area contributed by atoms with Crippen LogP contribution in [0.3, 0.4) is 0 Å². The van der Waals surface area contributed by atoms with Crippen molar-refractivity contribution in [1.29, 1.82) is 0 Å². The van der Waals surface area contributed by atoms with E-state index in [9.17, 15) is 87.5 Å². The quantitative estimate of drug-likeness (QED) is 0.0168. The Labute approximate surface area is 547 Å². The summed E-state index contributed by atoms with van der Waals surface area (Å²) in [6.45, 7) is 5.84. The fourth-order valence-corrected chi connectivity index (χ4v) is 11.2. The average Bonchev–Trinajstić information content (AvgIpc) is 1.76. The van der Waals surface area contributed by atoms with Crippen LogP contribution < -0.4 is 64.6 Å². The lowest BCUT2D eigenvalue weighted by molar-refractivity contribution is -0.145. The first-order chi connectivity index (χ1) is 45.1. The van der Waals surface area contributed by atoms with Gasteiger partial charge in [0.15, 0.2) is 0 Å². The number of aliphatic hydroxyl groups excluding tert-OH is 2. The highest BCUT2D eigenvalue weighted by Crippen LogP contribution is 2.23. The molecule has 20 N–H and O–H groups in total. The third-order valence-corrected chi connectivity index (χ3v) is 16.4. The van der Waals surface area contributed by atoms with Crippen LogP contribution in [0, 0.1) is 5.92 Å². The topological polar surface area (TPSA) is 556 Å². The summed E-state index contributed by atoms with van der Waals surface area (Å²) in [6, 6.07) is -16.6. The number of imidazole rings is 2. The summed E-state index contributed by atoms with van der Waals surface area (Å²) in [7, 11) is 0. The van der Waals surface area contributed by atoms with E-state index in [1.807, 2.05) is 0 Å². The van der Waals surface area contributed by atoms with E-state index in [0.29, 0.717) is 43.6 Å². The Hall–Kier alpha value is -9.16. The maximum Gasteiger partial charge on any atom is 0.326 e. The van der Waals surface area contributed by atoms with E-state index in [-0.39, 0.29) is 70.5 Å². The van der Waals surface area contributed by atoms with Crippen LogP contribution in [-0.2, 0) is 80.0 Å². The number of H-pyrrole nitrogens is 2. The third kappa shape index (κ3) is 23.7. The zero-order valence-corrected chi connectivity index (χ0v) is 53.7. The van der Waals surface area contributed by atoms with Gasteiger partial charge in [0.05, 0.1) is 31.4 Å². The number of aliphatic carboxylic acids is 2. The summed E-state index contributed by atoms with van der Waals surface area (Å²) in [4.78, 5) is 205. The molecule has 95 heavy (non-hydrogen) atoms. The van der Waals surface area contributed by atoms with Gasteiger partial charge < -0.3 is 105 Å². The molecule has 0 radical (unpaired) electrons. The highest BCUT2D eigenvalue weighted by molar-refractivity contribution is 6.00. The Morgan fingerprint density at radius 2 is 1.07 bits per heavy atom. The zero-order valence-electron chi connectivity index (χ0n) is 53.7. The van der Waals surface area contributed by atoms with E-state index in [2.05, 4.69) is 73.1 Å². The van der Waals surface area contributed by atoms with Gasteiger partial charge in [0, 0.05) is 62.6 Å². The Morgan fingerprint density at radius 3 is 1.60 bits per heavy atom. The Kier molecular flexibility index (Phi) is 30.3. The molecule has 0 spiro atoms. The maximum atomic E-state index is 14.5. The van der Waals surface area contributed by atoms with Crippen molar-refractivity contribution in [3.05, 3.63) is 36.4 Å². The second-order valence-corrected chi connectivity index (χ2v) is 24.3. The van der Waals surface area contributed by atoms with Crippen LogP contribution in [0.1, 0.15) is 129 Å². The molecule has 3 saturated heterocycles. The predicted molar refractivity (Wildman–Crippen MR) is 332 cm³/mol. The van der Waals surface area contributed by atoms with Crippen molar-refractivity contribution < 1.29 is 87.5 Å². The lowest BCUT2D eigenvalue weighted by atomic mass is 10.0. The molecule has 2 aromatic rings. The number of rotatable bonds is 39. The number of amides is 12. The van der Waals surface area contributed by atoms with Crippen molar-refractivity contribution >= 4 is 82.8 Å². The minimum absolute atomic E-state index is 0.00985. The number of hydrogen-bond acceptors (Lipinski definition) is 20. The molecule has 12 amide bonds. The number of nitrogens with two attached hydrogens (primary N) is 2. The molecule has 2 aromatic heterocycles. The molecule has 3 fully saturated rings. The molecule has 3 aliphatic heterocycles. The lowest BCUT2D eigenvalue weighted by Crippen LogP contribution is -2.62. The molecule has 36 nitrogen and oxygen atoms in total. The first-order valence-corrected chi connectivity index (χ1v) is 31.9. The van der Waals surface area contributed by atoms with Crippen molar-refractivity contribution in [3.63, 3.8) is 0 Å². The number of hydrogen-bond donors (Lipinski definition) is 18. The number of carbonyl (C=O) groups excluding carboxylic acids is 12. The molecule has 36 heteroatoms. The number of nitrogens with one attached hydrogen (secondary N) is 12. The molecule has 3 aliphatic rings. The molecule has 0 unspecified atom stereocenters. The molecule has 5 rings (SSSR count). The number of primary amides is 1. The van der Waals surface area contributed by atoms with Gasteiger partial charge in [-0.3, -0.25) is 62.3 Å². The summed E-state index contributed by atoms with van der Waals surface area (Å²) in [6.07, 6.45) is 4.24. The van der Waals surface area contributed by atoms with Crippen molar-refractivity contribution in [2.75, 3.05) is 32.8 Å². The average molecular weight is 1350 g/mol. The minimum Gasteiger partial charge on any atom is -0.481 e. The molecule has 13 atom stereocenters. The molecule has 0 aliphatic carbocycles. The van der Waals surface area contributed by atoms with Crippen LogP contribution in [0.5, 0.6) is 0 Å². The number of nitrogens with zero attached hydrogens (tertiary/aromatic N) is 4. The molecule has 526 valence electrons. The standard InChI is InChI=1S/C59H92N18O18/c1-30(2)22-39(53(88)75-47(32(4)79)58(93)77-21-9-13-44(77)56(91)69-37(15-17-46(81)82)50(85)68-36(14-16-45(61)80)51(86)70-38(59(94)95)10-5-6-18-60)71-48(83)31(3)67-55(90)43-12-8-20-76(43)57(92)41(24-34-26-63-29-66-34)73-54(89)42(27-78)74-52(87)40(23-33-25-62-28-65-33)72-49(84)35-11-7-19-64-35/h25-26,28-32,35-44,47,64,78-79H,5-24,27,60H2,1-4H3,(H2,61,80)(H,62,65)(H,63,66)(H,67,90)(H,68,85)(H,69,91)(H,70,86)(H,71,83)(H,72,84)(H,73,89)(H,74,87)(H,75,88)(H,81,82)(H,94,95)/t31-,32+,35-,36-,37-,38-,39-,40-,41-,42-,43-,44-,47-/m0/s1/i5+1,6+1,10+1,18+1,38+1,59+1,60+1,70+1. The number of unbranched alkanes of at least 4 members (excludes halogenated alkanes) is 1. The highest BCUT2D eigenvalue weighted by Gasteiger charge is 2.44. The number of carboxylic acids is 2. The van der Waals surface area contributed by atoms with Crippen LogP contribution in [-0.4, -0.2) is 244 Å². The van der Waals surface area contributed by atoms with Crippen LogP contribution in [0.2, 0.25) is 0 Å². The maximum absolute atomic E-state index is 14.5. The molecule has 5 heterocycles. The number of aromatic nitrogens is 4. The monoisotopic (exact) mass is 1350 g/mol. The molecule has 0 aromatic carbocycles. The van der Waals surface area contributed by atoms with Gasteiger partial charge in [0.2, 0.25) is 70.9 Å². The van der Waals surface area contributed by atoms with E-state index in [1.54, 1.807) is 13.8 Å². The number of likely N-dealkylation sites (tertiary alicyclic amines) is 2. The van der Waals surface area contributed by atoms with Crippen molar-refractivity contribution in [1.82, 2.24) is 82.9 Å². The Morgan fingerprint density at radius 1 is 0.568 bits per heavy atom. The van der Waals surface area contributed by atoms with E-state index < -0.39 is 194 Å². The first-order valence-electron chi connectivity index (χ1n) is 31.9. The van der Waals surface area contributed by atoms with Gasteiger partial charge in [0.1, 0.15) is 66.5 Å². The van der Waals surface area contributed by atoms with E-state index in [1.165, 1.54) is 43.8 Å². The van der Waals surface area contributed by atoms with Gasteiger partial charge in [0.25, 0.3) is 0 Å². The van der Waals surface area contributed by atoms with Gasteiger partial charge in [-0.05, 0) is 110 Å². The largest absolute Gasteiger partial charge is 0.481 e. The minimum atomic E-state index is -1.75. The van der Waals surface area contributed by atoms with Gasteiger partial charge in [-0.2, -0.15) is 0 Å². The highest BCUT2D eigenvalue weighted by atomic mass is 16.5. The number of carbonyl (C=O) groups is 14. The number of carboxylic acid groups (broad SMARTS) is 2. The summed E-state index contributed by atoms with van der Waals surface area (Å²) < 4.78 is 0. The fraction of sp³-hybridized carbons (Fsp3) is 0.661. The summed E-state index contributed by atoms with van der Waals surface area (Å²) in [5.41, 5.74) is 11.7. The van der Waals surface area contributed by atoms with Crippen molar-refractivity contribution in [2.45, 2.75) is 209 Å². The fourth-order valence-electron chi connectivity index (χ4n) is 11.2. The lowest BCUT2D eigenvalue weighted by Gasteiger charge is -2.32. The van der Waals surface area contributed by atoms with Gasteiger partial charge in [-0.15, -0.1) is 0 Å². The van der Waals surface area contributed by atoms with Crippen LogP contribution in [0.4, 0.5) is 0 Å². The van der Waals surface area contributed by atoms with Crippen molar-refractivity contribution in [2.24, 2.45) is 17.4 Å². The second-order valence-electron chi connectivity index (χ2n) is 24.3. The van der Waals surface area contributed by atoms with Crippen LogP contribution >= 0.6 is 0 Å². The SMILES string of the molecule is CC(C)C[C@H](NC(=O)[C@H](C)NC(=O)[C@@H]1CCCN1C(=O)[C@H](Cc1cnc[nH]1)NC(=O)[C@H](CO)NC(=O)[C@H](Cc1cnc[nH]1)NC(=O)[C@@H]1CCCN1)C(=O)N[C@H](C(=O)N1CCC[C@H]1C(=O)N[C@@H](CCC(=O)O)C(=O)N[C@@H](CCC(N)=O)C(=O)[15NH][13C@@H]([13CH2][13CH2][13CH2][13CH2][15NH2])[13C](=O)O)[C@@H](C)O. The van der Waals surface area contributed by atoms with Crippen LogP contribution in [0.15, 0.2) is 25.0 Å². The summed E-state index contributed by atoms with van der Waals surface area (Å²) >= 11 is 0. The van der Waals surface area contributed by atoms with Gasteiger partial charge in [-0.25, -0.2) is 14.8 Å². The van der Waals surface area contributed by atoms with E-state index >= 15 is 0 Å². The summed E-state index contributed by atoms with van der Waals surface area (Å²) in [5.74, 6) is -13.6. The van der Waals surface area contributed by atoms with Crippen LogP contribution in [0.25, 0.3) is 0 Å². The normalized spacial score (nSPS) is 19.2. The van der Waals surface area contributed by atoms with E-state index in [0.717, 1.165) is 11.3 Å². The number of aromatic amines is 2. The molecular formula is C59H92N18O18. The number of aliphatic hydroxyl groups is 2. The molecular weight excluding hydrogens is 1260 g/mol. The molecule has 0 saturated carbocycles. The molecule has 0 bridgehead atoms. The zero-order chi connectivity index (χ0) is 70.1. The first kappa shape index (κ1) is 76.6. The second kappa shape index (κ2) is 37.7. The van der Waals surface area contributed by atoms with Crippen molar-refractivity contribution in [3.8, 4) is 0 Å². The smallest absolute Gasteiger partial charge is 0.326 e. The summed E-state index contributed by atoms with van der Waals surface area (Å²) in [5, 5.41) is 66.3. The predicted octanol–water partition coefficient (Wildman–Crippen LogP) is -6.20.